The van der Waals surface area contributed by atoms with E-state index in [0.717, 1.165) is 46.9 Å². The molecule has 0 bridgehead atoms. The molecular weight excluding hydrogens is 500 g/mol. The number of esters is 1. The Morgan fingerprint density at radius 2 is 1.73 bits per heavy atom. The molecule has 0 radical (unpaired) electrons. The molecule has 0 fully saturated rings. The highest BCUT2D eigenvalue weighted by Crippen LogP contribution is 2.42. The van der Waals surface area contributed by atoms with Gasteiger partial charge in [-0.1, -0.05) is 48.5 Å². The normalized spacial score (nSPS) is 13.5. The van der Waals surface area contributed by atoms with Crippen molar-refractivity contribution in [2.24, 2.45) is 7.05 Å². The third-order valence-electron chi connectivity index (χ3n) is 7.50. The Labute approximate surface area is 236 Å². The van der Waals surface area contributed by atoms with Crippen molar-refractivity contribution in [2.75, 3.05) is 13.7 Å². The van der Waals surface area contributed by atoms with Crippen LogP contribution in [0.4, 0.5) is 4.79 Å². The van der Waals surface area contributed by atoms with Crippen molar-refractivity contribution in [2.45, 2.75) is 59.1 Å². The molecule has 1 aromatic heterocycles. The fourth-order valence-electron chi connectivity index (χ4n) is 5.64. The first-order chi connectivity index (χ1) is 19.1. The molecule has 0 spiro atoms. The molecule has 0 saturated heterocycles. The average Bonchev–Trinajstić information content (AvgIpc) is 3.54. The number of hydrogen-bond donors (Lipinski definition) is 0. The van der Waals surface area contributed by atoms with Gasteiger partial charge in [0.15, 0.2) is 0 Å². The quantitative estimate of drug-likeness (QED) is 0.233. The SMILES string of the molecule is CCOC(=O)c1c(CN(C)C(=O)OC(C)(C)C)n(C)c2cc(-c3cccc4ccccc34)c(C3=CCCC3)cc12. The molecule has 0 unspecified atom stereocenters. The molecule has 0 N–H and O–H groups in total. The second kappa shape index (κ2) is 10.8. The lowest BCUT2D eigenvalue weighted by molar-refractivity contribution is 0.0278. The summed E-state index contributed by atoms with van der Waals surface area (Å²) in [5, 5.41) is 3.21. The lowest BCUT2D eigenvalue weighted by Crippen LogP contribution is -2.34. The van der Waals surface area contributed by atoms with Crippen LogP contribution < -0.4 is 0 Å². The Hall–Kier alpha value is -4.06. The van der Waals surface area contributed by atoms with Crippen LogP contribution in [0.5, 0.6) is 0 Å². The highest BCUT2D eigenvalue weighted by atomic mass is 16.6. The number of amides is 1. The zero-order valence-electron chi connectivity index (χ0n) is 24.3. The van der Waals surface area contributed by atoms with E-state index in [9.17, 15) is 9.59 Å². The van der Waals surface area contributed by atoms with Gasteiger partial charge in [-0.15, -0.1) is 0 Å². The van der Waals surface area contributed by atoms with Crippen LogP contribution in [-0.4, -0.2) is 40.8 Å². The van der Waals surface area contributed by atoms with Crippen molar-refractivity contribution in [3.8, 4) is 11.1 Å². The summed E-state index contributed by atoms with van der Waals surface area (Å²) in [5.41, 5.74) is 6.25. The maximum absolute atomic E-state index is 13.5. The Kier molecular flexibility index (Phi) is 7.45. The summed E-state index contributed by atoms with van der Waals surface area (Å²) in [6.45, 7) is 7.80. The number of aromatic nitrogens is 1. The van der Waals surface area contributed by atoms with Crippen LogP contribution in [0.2, 0.25) is 0 Å². The van der Waals surface area contributed by atoms with E-state index in [2.05, 4.69) is 60.7 Å². The number of allylic oxidation sites excluding steroid dienone is 2. The van der Waals surface area contributed by atoms with Gasteiger partial charge in [-0.2, -0.15) is 0 Å². The molecule has 5 rings (SSSR count). The molecule has 0 saturated carbocycles. The van der Waals surface area contributed by atoms with Gasteiger partial charge in [0.2, 0.25) is 0 Å². The summed E-state index contributed by atoms with van der Waals surface area (Å²) in [6, 6.07) is 19.2. The second-order valence-electron chi connectivity index (χ2n) is 11.5. The molecule has 40 heavy (non-hydrogen) atoms. The van der Waals surface area contributed by atoms with E-state index in [-0.39, 0.29) is 19.1 Å². The summed E-state index contributed by atoms with van der Waals surface area (Å²) >= 11 is 0. The number of ether oxygens (including phenoxy) is 2. The predicted octanol–water partition coefficient (Wildman–Crippen LogP) is 8.11. The van der Waals surface area contributed by atoms with E-state index in [1.165, 1.54) is 21.2 Å². The van der Waals surface area contributed by atoms with Gasteiger partial charge in [0.25, 0.3) is 0 Å². The Morgan fingerprint density at radius 3 is 2.42 bits per heavy atom. The molecule has 1 aliphatic carbocycles. The average molecular weight is 539 g/mol. The minimum Gasteiger partial charge on any atom is -0.462 e. The predicted molar refractivity (Wildman–Crippen MR) is 161 cm³/mol. The van der Waals surface area contributed by atoms with E-state index in [0.29, 0.717) is 11.3 Å². The van der Waals surface area contributed by atoms with E-state index in [1.807, 2.05) is 39.3 Å². The van der Waals surface area contributed by atoms with E-state index in [1.54, 1.807) is 7.05 Å². The van der Waals surface area contributed by atoms with Crippen LogP contribution in [0.15, 0.2) is 60.7 Å². The molecule has 6 nitrogen and oxygen atoms in total. The minimum absolute atomic E-state index is 0.204. The summed E-state index contributed by atoms with van der Waals surface area (Å²) < 4.78 is 13.2. The van der Waals surface area contributed by atoms with Crippen molar-refractivity contribution in [1.29, 1.82) is 0 Å². The lowest BCUT2D eigenvalue weighted by atomic mass is 9.89. The van der Waals surface area contributed by atoms with Gasteiger partial charge < -0.3 is 18.9 Å². The van der Waals surface area contributed by atoms with Gasteiger partial charge >= 0.3 is 12.1 Å². The summed E-state index contributed by atoms with van der Waals surface area (Å²) in [5.74, 6) is -0.384. The molecule has 4 aromatic rings. The first kappa shape index (κ1) is 27.5. The lowest BCUT2D eigenvalue weighted by Gasteiger charge is -2.25. The van der Waals surface area contributed by atoms with Crippen molar-refractivity contribution in [3.05, 3.63) is 77.5 Å². The highest BCUT2D eigenvalue weighted by Gasteiger charge is 2.28. The fraction of sp³-hybridized carbons (Fsp3) is 0.353. The van der Waals surface area contributed by atoms with Crippen molar-refractivity contribution in [3.63, 3.8) is 0 Å². The number of carbonyl (C=O) groups is 2. The Bertz CT molecular complexity index is 1630. The number of benzene rings is 3. The van der Waals surface area contributed by atoms with E-state index < -0.39 is 11.7 Å². The zero-order valence-corrected chi connectivity index (χ0v) is 24.3. The standard InChI is InChI=1S/C34H38N2O4/c1-7-39-32(37)31-28-19-26(23-14-8-9-15-23)27(25-18-12-16-22-13-10-11-17-24(22)25)20-29(28)36(6)30(31)21-35(5)33(38)40-34(2,3)4/h10-14,16-20H,7-9,15,21H2,1-6H3. The van der Waals surface area contributed by atoms with Gasteiger partial charge in [-0.05, 0) is 92.1 Å². The molecule has 0 aliphatic heterocycles. The maximum atomic E-state index is 13.5. The van der Waals surface area contributed by atoms with E-state index in [4.69, 9.17) is 9.47 Å². The number of rotatable bonds is 6. The van der Waals surface area contributed by atoms with Gasteiger partial charge in [0, 0.05) is 25.0 Å². The Balaban J connectivity index is 1.75. The van der Waals surface area contributed by atoms with Gasteiger partial charge in [0.05, 0.1) is 24.4 Å². The Morgan fingerprint density at radius 1 is 0.975 bits per heavy atom. The summed E-state index contributed by atoms with van der Waals surface area (Å²) in [7, 11) is 3.64. The summed E-state index contributed by atoms with van der Waals surface area (Å²) in [4.78, 5) is 27.8. The monoisotopic (exact) mass is 538 g/mol. The van der Waals surface area contributed by atoms with Crippen molar-refractivity contribution in [1.82, 2.24) is 9.47 Å². The van der Waals surface area contributed by atoms with Crippen molar-refractivity contribution >= 4 is 39.3 Å². The number of hydrogen-bond acceptors (Lipinski definition) is 4. The van der Waals surface area contributed by atoms with Crippen LogP contribution in [0, 0.1) is 0 Å². The molecule has 1 aliphatic rings. The molecule has 0 atom stereocenters. The zero-order chi connectivity index (χ0) is 28.6. The highest BCUT2D eigenvalue weighted by molar-refractivity contribution is 6.10. The third-order valence-corrected chi connectivity index (χ3v) is 7.50. The van der Waals surface area contributed by atoms with Crippen LogP contribution in [0.3, 0.4) is 0 Å². The maximum Gasteiger partial charge on any atom is 0.410 e. The first-order valence-electron chi connectivity index (χ1n) is 14.0. The van der Waals surface area contributed by atoms with Crippen LogP contribution in [-0.2, 0) is 23.1 Å². The third kappa shape index (κ3) is 5.23. The smallest absolute Gasteiger partial charge is 0.410 e. The molecule has 1 heterocycles. The van der Waals surface area contributed by atoms with Gasteiger partial charge in [-0.3, -0.25) is 0 Å². The molecule has 208 valence electrons. The number of nitrogens with zero attached hydrogens (tertiary/aromatic N) is 2. The van der Waals surface area contributed by atoms with E-state index >= 15 is 0 Å². The number of carbonyl (C=O) groups excluding carboxylic acids is 2. The van der Waals surface area contributed by atoms with Crippen molar-refractivity contribution < 1.29 is 19.1 Å². The minimum atomic E-state index is -0.620. The fourth-order valence-corrected chi connectivity index (χ4v) is 5.64. The van der Waals surface area contributed by atoms with Crippen LogP contribution in [0.1, 0.15) is 68.6 Å². The molecule has 6 heteroatoms. The van der Waals surface area contributed by atoms with Crippen LogP contribution in [0.25, 0.3) is 38.4 Å². The first-order valence-corrected chi connectivity index (χ1v) is 14.0. The second-order valence-corrected chi connectivity index (χ2v) is 11.5. The van der Waals surface area contributed by atoms with Crippen LogP contribution >= 0.6 is 0 Å². The molecule has 3 aromatic carbocycles. The topological polar surface area (TPSA) is 60.8 Å². The summed E-state index contributed by atoms with van der Waals surface area (Å²) in [6.07, 6.45) is 5.04. The number of fused-ring (bicyclic) bond motifs is 2. The molecular formula is C34H38N2O4. The molecule has 1 amide bonds. The number of aryl methyl sites for hydroxylation is 1. The van der Waals surface area contributed by atoms with Gasteiger partial charge in [-0.25, -0.2) is 9.59 Å². The van der Waals surface area contributed by atoms with Gasteiger partial charge in [0.1, 0.15) is 5.60 Å². The largest absolute Gasteiger partial charge is 0.462 e.